The Hall–Kier alpha value is -2.41. The largest absolute Gasteiger partial charge is 0.507 e. The molecular formula is C13H12N4O2S. The van der Waals surface area contributed by atoms with E-state index in [2.05, 4.69) is 28.2 Å². The molecule has 0 heterocycles. The van der Waals surface area contributed by atoms with Crippen molar-refractivity contribution in [3.8, 4) is 5.75 Å². The maximum atomic E-state index is 11.2. The lowest BCUT2D eigenvalue weighted by atomic mass is 10.1. The summed E-state index contributed by atoms with van der Waals surface area (Å²) in [4.78, 5) is 11.2. The van der Waals surface area contributed by atoms with Gasteiger partial charge in [0, 0.05) is 17.7 Å². The highest BCUT2D eigenvalue weighted by Crippen LogP contribution is 2.37. The summed E-state index contributed by atoms with van der Waals surface area (Å²) >= 11 is 3.73. The quantitative estimate of drug-likeness (QED) is 0.294. The van der Waals surface area contributed by atoms with E-state index in [1.54, 1.807) is 24.3 Å². The number of hydrogen-bond acceptors (Lipinski definition) is 4. The van der Waals surface area contributed by atoms with Crippen molar-refractivity contribution in [3.63, 3.8) is 0 Å². The van der Waals surface area contributed by atoms with Gasteiger partial charge >= 0.3 is 0 Å². The molecule has 0 atom stereocenters. The van der Waals surface area contributed by atoms with E-state index in [1.165, 1.54) is 13.0 Å². The Kier molecular flexibility index (Phi) is 3.99. The highest BCUT2D eigenvalue weighted by molar-refractivity contribution is 7.96. The lowest BCUT2D eigenvalue weighted by Crippen LogP contribution is -2.06. The summed E-state index contributed by atoms with van der Waals surface area (Å²) in [6.07, 6.45) is 0. The molecule has 0 aliphatic heterocycles. The van der Waals surface area contributed by atoms with Gasteiger partial charge in [0.05, 0.1) is 11.4 Å². The Morgan fingerprint density at radius 1 is 1.35 bits per heavy atom. The van der Waals surface area contributed by atoms with Crippen LogP contribution in [0.2, 0.25) is 0 Å². The van der Waals surface area contributed by atoms with E-state index in [-0.39, 0.29) is 16.8 Å². The number of anilines is 1. The van der Waals surface area contributed by atoms with Crippen LogP contribution in [-0.4, -0.2) is 16.2 Å². The predicted molar refractivity (Wildman–Crippen MR) is 81.1 cm³/mol. The number of rotatable bonds is 2. The van der Waals surface area contributed by atoms with E-state index >= 15 is 0 Å². The molecule has 0 bridgehead atoms. The zero-order valence-corrected chi connectivity index (χ0v) is 11.5. The Morgan fingerprint density at radius 3 is 2.75 bits per heavy atom. The zero-order valence-electron chi connectivity index (χ0n) is 10.6. The van der Waals surface area contributed by atoms with Crippen molar-refractivity contribution < 1.29 is 9.90 Å². The van der Waals surface area contributed by atoms with E-state index in [0.29, 0.717) is 22.1 Å². The van der Waals surface area contributed by atoms with Crippen LogP contribution in [-0.2, 0) is 4.79 Å². The van der Waals surface area contributed by atoms with Crippen LogP contribution in [0.15, 0.2) is 40.6 Å². The first-order valence-corrected chi connectivity index (χ1v) is 6.15. The summed E-state index contributed by atoms with van der Waals surface area (Å²) < 4.78 is 0. The summed E-state index contributed by atoms with van der Waals surface area (Å²) in [5.41, 5.74) is 0.950. The van der Waals surface area contributed by atoms with Crippen molar-refractivity contribution >= 4 is 45.9 Å². The number of hydrogen-bond donors (Lipinski definition) is 4. The van der Waals surface area contributed by atoms with Crippen molar-refractivity contribution in [1.29, 1.82) is 5.41 Å². The van der Waals surface area contributed by atoms with Crippen LogP contribution in [0, 0.1) is 5.41 Å². The monoisotopic (exact) mass is 288 g/mol. The van der Waals surface area contributed by atoms with Gasteiger partial charge in [-0.25, -0.2) is 0 Å². The SMILES string of the molecule is CC(=O)Nc1cccc2c(O)ccc(/N=N/C(=N)S)c12. The van der Waals surface area contributed by atoms with Gasteiger partial charge in [-0.05, 0) is 18.2 Å². The van der Waals surface area contributed by atoms with Crippen LogP contribution in [0.25, 0.3) is 10.8 Å². The first-order valence-electron chi connectivity index (χ1n) is 5.70. The van der Waals surface area contributed by atoms with Crippen LogP contribution in [0.5, 0.6) is 5.75 Å². The molecule has 2 rings (SSSR count). The number of nitrogens with zero attached hydrogens (tertiary/aromatic N) is 2. The number of amidine groups is 1. The third kappa shape index (κ3) is 2.94. The number of nitrogens with one attached hydrogen (secondary N) is 2. The van der Waals surface area contributed by atoms with Gasteiger partial charge in [-0.3, -0.25) is 10.2 Å². The minimum absolute atomic E-state index is 0.0760. The number of carbonyl (C=O) groups is 1. The summed E-state index contributed by atoms with van der Waals surface area (Å²) in [7, 11) is 0. The number of phenolic OH excluding ortho intramolecular Hbond substituents is 1. The topological polar surface area (TPSA) is 97.9 Å². The van der Waals surface area contributed by atoms with Crippen molar-refractivity contribution in [2.45, 2.75) is 6.92 Å². The normalized spacial score (nSPS) is 10.9. The Balaban J connectivity index is 2.71. The molecule has 0 spiro atoms. The fourth-order valence-corrected chi connectivity index (χ4v) is 1.90. The second-order valence-electron chi connectivity index (χ2n) is 4.04. The second kappa shape index (κ2) is 5.70. The number of benzene rings is 2. The molecule has 1 amide bonds. The molecule has 7 heteroatoms. The third-order valence-corrected chi connectivity index (χ3v) is 2.65. The van der Waals surface area contributed by atoms with Crippen molar-refractivity contribution in [1.82, 2.24) is 0 Å². The highest BCUT2D eigenvalue weighted by Gasteiger charge is 2.10. The number of phenols is 1. The average molecular weight is 288 g/mol. The molecule has 6 nitrogen and oxygen atoms in total. The van der Waals surface area contributed by atoms with Crippen LogP contribution in [0.4, 0.5) is 11.4 Å². The van der Waals surface area contributed by atoms with Crippen molar-refractivity contribution in [2.24, 2.45) is 10.2 Å². The van der Waals surface area contributed by atoms with Crippen molar-refractivity contribution in [2.75, 3.05) is 5.32 Å². The van der Waals surface area contributed by atoms with Crippen LogP contribution >= 0.6 is 12.6 Å². The van der Waals surface area contributed by atoms with Crippen molar-refractivity contribution in [3.05, 3.63) is 30.3 Å². The van der Waals surface area contributed by atoms with E-state index in [9.17, 15) is 9.90 Å². The molecule has 3 N–H and O–H groups in total. The summed E-state index contributed by atoms with van der Waals surface area (Å²) in [6.45, 7) is 1.40. The fraction of sp³-hybridized carbons (Fsp3) is 0.0769. The predicted octanol–water partition coefficient (Wildman–Crippen LogP) is 3.45. The number of azo groups is 1. The molecule has 0 radical (unpaired) electrons. The van der Waals surface area contributed by atoms with Gasteiger partial charge in [-0.2, -0.15) is 0 Å². The van der Waals surface area contributed by atoms with Crippen LogP contribution in [0.1, 0.15) is 6.92 Å². The van der Waals surface area contributed by atoms with Crippen LogP contribution < -0.4 is 5.32 Å². The summed E-state index contributed by atoms with van der Waals surface area (Å²) in [5.74, 6) is -0.155. The number of carbonyl (C=O) groups excluding carboxylic acids is 1. The molecule has 2 aromatic carbocycles. The lowest BCUT2D eigenvalue weighted by Gasteiger charge is -2.10. The molecule has 0 fully saturated rings. The smallest absolute Gasteiger partial charge is 0.221 e. The summed E-state index contributed by atoms with van der Waals surface area (Å²) in [6, 6.07) is 8.17. The molecule has 0 saturated heterocycles. The maximum absolute atomic E-state index is 11.2. The molecule has 0 aliphatic carbocycles. The van der Waals surface area contributed by atoms with Gasteiger partial charge < -0.3 is 10.4 Å². The molecule has 0 unspecified atom stereocenters. The van der Waals surface area contributed by atoms with E-state index in [4.69, 9.17) is 5.41 Å². The second-order valence-corrected chi connectivity index (χ2v) is 4.46. The minimum atomic E-state index is -0.233. The number of thiol groups is 1. The average Bonchev–Trinajstić information content (AvgIpc) is 2.38. The first kappa shape index (κ1) is 14.0. The molecule has 2 aromatic rings. The van der Waals surface area contributed by atoms with Gasteiger partial charge in [0.15, 0.2) is 5.17 Å². The zero-order chi connectivity index (χ0) is 14.7. The highest BCUT2D eigenvalue weighted by atomic mass is 32.1. The van der Waals surface area contributed by atoms with Gasteiger partial charge in [-0.1, -0.05) is 12.1 Å². The molecule has 0 saturated carbocycles. The number of aromatic hydroxyl groups is 1. The standard InChI is InChI=1S/C13H12N4O2S/c1-7(18)15-9-4-2-3-8-11(19)6-5-10(12(8)9)16-17-13(14)20/h2-6,19H,1H3,(H2,14,20)(H,15,18)/b17-16+. The Morgan fingerprint density at radius 2 is 2.10 bits per heavy atom. The number of fused-ring (bicyclic) bond motifs is 1. The third-order valence-electron chi connectivity index (χ3n) is 2.56. The molecule has 0 aromatic heterocycles. The summed E-state index contributed by atoms with van der Waals surface area (Å²) in [5, 5.41) is 28.1. The van der Waals surface area contributed by atoms with Gasteiger partial charge in [0.2, 0.25) is 5.91 Å². The lowest BCUT2D eigenvalue weighted by molar-refractivity contribution is -0.114. The van der Waals surface area contributed by atoms with E-state index in [0.717, 1.165) is 0 Å². The van der Waals surface area contributed by atoms with Crippen LogP contribution in [0.3, 0.4) is 0 Å². The number of amides is 1. The Labute approximate surface area is 120 Å². The van der Waals surface area contributed by atoms with E-state index in [1.807, 2.05) is 0 Å². The fourth-order valence-electron chi connectivity index (χ4n) is 1.85. The van der Waals surface area contributed by atoms with Gasteiger partial charge in [0.1, 0.15) is 5.75 Å². The van der Waals surface area contributed by atoms with Gasteiger partial charge in [0.25, 0.3) is 0 Å². The van der Waals surface area contributed by atoms with E-state index < -0.39 is 0 Å². The molecular weight excluding hydrogens is 276 g/mol. The maximum Gasteiger partial charge on any atom is 0.221 e. The minimum Gasteiger partial charge on any atom is -0.507 e. The Bertz CT molecular complexity index is 728. The molecule has 0 aliphatic rings. The van der Waals surface area contributed by atoms with Gasteiger partial charge in [-0.15, -0.1) is 22.9 Å². The molecule has 20 heavy (non-hydrogen) atoms. The molecule has 102 valence electrons. The first-order chi connectivity index (χ1) is 9.49.